The van der Waals surface area contributed by atoms with Crippen molar-refractivity contribution in [2.24, 2.45) is 5.92 Å². The first-order chi connectivity index (χ1) is 17.3. The molecule has 190 valence electrons. The maximum Gasteiger partial charge on any atom is 0.243 e. The molecule has 1 amide bonds. The predicted octanol–water partition coefficient (Wildman–Crippen LogP) is 4.88. The number of piperidine rings is 2. The van der Waals surface area contributed by atoms with Gasteiger partial charge in [-0.15, -0.1) is 0 Å². The number of nitrogens with zero attached hydrogens (tertiary/aromatic N) is 3. The van der Waals surface area contributed by atoms with Gasteiger partial charge in [-0.2, -0.15) is 4.31 Å². The zero-order valence-corrected chi connectivity index (χ0v) is 21.9. The number of aryl methyl sites for hydroxylation is 2. The lowest BCUT2D eigenvalue weighted by molar-refractivity contribution is -0.120. The molecule has 2 aromatic carbocycles. The highest BCUT2D eigenvalue weighted by Gasteiger charge is 2.28. The fraction of sp³-hybridized carbons (Fsp3) is 0.429. The number of nitrogens with one attached hydrogen (secondary N) is 1. The summed E-state index contributed by atoms with van der Waals surface area (Å²) in [5.74, 6) is 0.744. The second kappa shape index (κ2) is 10.2. The molecule has 1 atom stereocenters. The van der Waals surface area contributed by atoms with E-state index in [9.17, 15) is 13.2 Å². The van der Waals surface area contributed by atoms with E-state index < -0.39 is 10.0 Å². The van der Waals surface area contributed by atoms with Crippen LogP contribution in [0.4, 0.5) is 11.5 Å². The Hall–Kier alpha value is -2.97. The summed E-state index contributed by atoms with van der Waals surface area (Å²) >= 11 is 0. The summed E-state index contributed by atoms with van der Waals surface area (Å²) in [6.45, 7) is 6.65. The number of hydrogen-bond acceptors (Lipinski definition) is 5. The molecule has 5 rings (SSSR count). The molecule has 0 bridgehead atoms. The Labute approximate surface area is 213 Å². The second-order valence-corrected chi connectivity index (χ2v) is 12.0. The van der Waals surface area contributed by atoms with Crippen LogP contribution in [0, 0.1) is 19.8 Å². The molecule has 0 radical (unpaired) electrons. The van der Waals surface area contributed by atoms with Crippen LogP contribution in [0.5, 0.6) is 0 Å². The Balaban J connectivity index is 1.31. The number of fused-ring (bicyclic) bond motifs is 1. The molecule has 1 aromatic heterocycles. The third-order valence-electron chi connectivity index (χ3n) is 7.37. The molecular formula is C28H34N4O3S. The van der Waals surface area contributed by atoms with E-state index in [2.05, 4.69) is 10.2 Å². The van der Waals surface area contributed by atoms with E-state index >= 15 is 0 Å². The molecule has 3 heterocycles. The van der Waals surface area contributed by atoms with E-state index in [1.54, 1.807) is 22.5 Å². The van der Waals surface area contributed by atoms with E-state index in [4.69, 9.17) is 4.98 Å². The lowest BCUT2D eigenvalue weighted by Gasteiger charge is -2.33. The van der Waals surface area contributed by atoms with E-state index in [0.29, 0.717) is 24.5 Å². The van der Waals surface area contributed by atoms with Gasteiger partial charge in [0.05, 0.1) is 16.3 Å². The summed E-state index contributed by atoms with van der Waals surface area (Å²) < 4.78 is 27.7. The van der Waals surface area contributed by atoms with E-state index in [1.807, 2.05) is 44.2 Å². The highest BCUT2D eigenvalue weighted by molar-refractivity contribution is 7.89. The summed E-state index contributed by atoms with van der Waals surface area (Å²) in [5, 5.41) is 3.93. The summed E-state index contributed by atoms with van der Waals surface area (Å²) in [7, 11) is -3.48. The third-order valence-corrected chi connectivity index (χ3v) is 9.26. The van der Waals surface area contributed by atoms with Crippen LogP contribution < -0.4 is 10.2 Å². The number of amides is 1. The van der Waals surface area contributed by atoms with Gasteiger partial charge in [0, 0.05) is 37.3 Å². The predicted molar refractivity (Wildman–Crippen MR) is 144 cm³/mol. The topological polar surface area (TPSA) is 82.6 Å². The number of carbonyl (C=O) groups is 1. The normalized spacial score (nSPS) is 19.4. The maximum atomic E-state index is 13.1. The van der Waals surface area contributed by atoms with Crippen LogP contribution in [0.15, 0.2) is 53.4 Å². The lowest BCUT2D eigenvalue weighted by Crippen LogP contribution is -2.41. The summed E-state index contributed by atoms with van der Waals surface area (Å²) in [6, 6.07) is 15.2. The highest BCUT2D eigenvalue weighted by atomic mass is 32.2. The van der Waals surface area contributed by atoms with Crippen LogP contribution in [0.3, 0.4) is 0 Å². The molecule has 2 fully saturated rings. The Kier molecular flexibility index (Phi) is 6.99. The summed E-state index contributed by atoms with van der Waals surface area (Å²) in [5.41, 5.74) is 3.80. The molecule has 3 aromatic rings. The highest BCUT2D eigenvalue weighted by Crippen LogP contribution is 2.28. The first-order valence-electron chi connectivity index (χ1n) is 12.9. The van der Waals surface area contributed by atoms with Gasteiger partial charge in [0.15, 0.2) is 0 Å². The number of anilines is 2. The van der Waals surface area contributed by atoms with Crippen molar-refractivity contribution >= 4 is 38.3 Å². The number of carbonyl (C=O) groups excluding carboxylic acids is 1. The minimum atomic E-state index is -3.48. The smallest absolute Gasteiger partial charge is 0.243 e. The first kappa shape index (κ1) is 24.7. The van der Waals surface area contributed by atoms with Crippen molar-refractivity contribution in [2.45, 2.75) is 50.8 Å². The quantitative estimate of drug-likeness (QED) is 0.533. The maximum absolute atomic E-state index is 13.1. The standard InChI is InChI=1S/C28H34N4O3S/c1-20-8-9-21(2)26(17-20)30-28(33)23-7-6-14-31(19-23)27-13-10-22-18-24(11-12-25(22)29-27)36(34,35)32-15-4-3-5-16-32/h8-13,17-18,23H,3-7,14-16,19H2,1-2H3,(H,30,33)/t23-/m1/s1. The molecule has 2 aliphatic rings. The number of benzene rings is 2. The minimum absolute atomic E-state index is 0.0433. The molecule has 2 aliphatic heterocycles. The average molecular weight is 507 g/mol. The lowest BCUT2D eigenvalue weighted by atomic mass is 9.96. The van der Waals surface area contributed by atoms with Crippen LogP contribution in [-0.2, 0) is 14.8 Å². The molecular weight excluding hydrogens is 472 g/mol. The fourth-order valence-corrected chi connectivity index (χ4v) is 6.74. The Morgan fingerprint density at radius 1 is 0.944 bits per heavy atom. The van der Waals surface area contributed by atoms with E-state index in [-0.39, 0.29) is 11.8 Å². The van der Waals surface area contributed by atoms with Crippen molar-refractivity contribution in [1.29, 1.82) is 0 Å². The largest absolute Gasteiger partial charge is 0.356 e. The average Bonchev–Trinajstić information content (AvgIpc) is 2.90. The molecule has 0 spiro atoms. The fourth-order valence-electron chi connectivity index (χ4n) is 5.19. The molecule has 2 saturated heterocycles. The van der Waals surface area contributed by atoms with Crippen LogP contribution >= 0.6 is 0 Å². The third kappa shape index (κ3) is 5.11. The van der Waals surface area contributed by atoms with Crippen molar-refractivity contribution in [3.05, 3.63) is 59.7 Å². The summed E-state index contributed by atoms with van der Waals surface area (Å²) in [6.07, 6.45) is 4.67. The van der Waals surface area contributed by atoms with Gasteiger partial charge >= 0.3 is 0 Å². The van der Waals surface area contributed by atoms with E-state index in [0.717, 1.165) is 72.2 Å². The monoisotopic (exact) mass is 506 g/mol. The van der Waals surface area contributed by atoms with Crippen molar-refractivity contribution in [3.63, 3.8) is 0 Å². The molecule has 7 nitrogen and oxygen atoms in total. The van der Waals surface area contributed by atoms with Gasteiger partial charge in [-0.05, 0) is 87.1 Å². The second-order valence-electron chi connectivity index (χ2n) is 10.1. The van der Waals surface area contributed by atoms with Gasteiger partial charge in [-0.25, -0.2) is 13.4 Å². The summed E-state index contributed by atoms with van der Waals surface area (Å²) in [4.78, 5) is 20.4. The molecule has 1 N–H and O–H groups in total. The van der Waals surface area contributed by atoms with Crippen molar-refractivity contribution in [1.82, 2.24) is 9.29 Å². The SMILES string of the molecule is Cc1ccc(C)c(NC(=O)[C@@H]2CCCN(c3ccc4cc(S(=O)(=O)N5CCCCC5)ccc4n3)C2)c1. The molecule has 0 unspecified atom stereocenters. The first-order valence-corrected chi connectivity index (χ1v) is 14.3. The zero-order valence-electron chi connectivity index (χ0n) is 21.0. The van der Waals surface area contributed by atoms with Crippen LogP contribution in [-0.4, -0.2) is 49.8 Å². The molecule has 36 heavy (non-hydrogen) atoms. The van der Waals surface area contributed by atoms with Crippen molar-refractivity contribution in [3.8, 4) is 0 Å². The number of rotatable bonds is 5. The number of pyridine rings is 1. The van der Waals surface area contributed by atoms with Crippen molar-refractivity contribution in [2.75, 3.05) is 36.4 Å². The van der Waals surface area contributed by atoms with Crippen LogP contribution in [0.1, 0.15) is 43.2 Å². The Morgan fingerprint density at radius 3 is 2.56 bits per heavy atom. The van der Waals surface area contributed by atoms with Gasteiger partial charge in [0.25, 0.3) is 0 Å². The van der Waals surface area contributed by atoms with Gasteiger partial charge in [-0.3, -0.25) is 4.79 Å². The van der Waals surface area contributed by atoms with Gasteiger partial charge in [0.1, 0.15) is 5.82 Å². The van der Waals surface area contributed by atoms with Gasteiger partial charge < -0.3 is 10.2 Å². The Morgan fingerprint density at radius 2 is 1.75 bits per heavy atom. The van der Waals surface area contributed by atoms with Crippen LogP contribution in [0.25, 0.3) is 10.9 Å². The zero-order chi connectivity index (χ0) is 25.3. The molecule has 8 heteroatoms. The molecule has 0 aliphatic carbocycles. The number of hydrogen-bond donors (Lipinski definition) is 1. The van der Waals surface area contributed by atoms with Gasteiger partial charge in [-0.1, -0.05) is 18.6 Å². The van der Waals surface area contributed by atoms with Gasteiger partial charge in [0.2, 0.25) is 15.9 Å². The molecule has 0 saturated carbocycles. The number of sulfonamides is 1. The van der Waals surface area contributed by atoms with Crippen LogP contribution in [0.2, 0.25) is 0 Å². The van der Waals surface area contributed by atoms with Crippen molar-refractivity contribution < 1.29 is 13.2 Å². The van der Waals surface area contributed by atoms with E-state index in [1.165, 1.54) is 0 Å². The Bertz CT molecular complexity index is 1380. The minimum Gasteiger partial charge on any atom is -0.356 e. The number of aromatic nitrogens is 1.